The van der Waals surface area contributed by atoms with Crippen LogP contribution in [0.4, 0.5) is 0 Å². The monoisotopic (exact) mass is 523 g/mol. The number of benzene rings is 3. The lowest BCUT2D eigenvalue weighted by Crippen LogP contribution is -2.26. The molecule has 0 saturated heterocycles. The minimum absolute atomic E-state index is 0.0462. The van der Waals surface area contributed by atoms with Crippen LogP contribution in [-0.2, 0) is 19.9 Å². The summed E-state index contributed by atoms with van der Waals surface area (Å²) >= 11 is 0. The summed E-state index contributed by atoms with van der Waals surface area (Å²) in [6.07, 6.45) is 4.15. The van der Waals surface area contributed by atoms with Gasteiger partial charge in [-0.1, -0.05) is 24.3 Å². The summed E-state index contributed by atoms with van der Waals surface area (Å²) in [4.78, 5) is 25.7. The molecule has 0 aliphatic carbocycles. The van der Waals surface area contributed by atoms with Crippen LogP contribution in [0.3, 0.4) is 0 Å². The van der Waals surface area contributed by atoms with Gasteiger partial charge < -0.3 is 19.9 Å². The zero-order valence-electron chi connectivity index (χ0n) is 23.1. The second kappa shape index (κ2) is 11.8. The van der Waals surface area contributed by atoms with Crippen molar-refractivity contribution in [2.24, 2.45) is 7.05 Å². The van der Waals surface area contributed by atoms with Crippen molar-refractivity contribution in [3.8, 4) is 5.75 Å². The number of carbonyl (C=O) groups excluding carboxylic acids is 2. The van der Waals surface area contributed by atoms with Crippen LogP contribution in [0.25, 0.3) is 10.9 Å². The number of aromatic nitrogens is 1. The van der Waals surface area contributed by atoms with E-state index in [4.69, 9.17) is 4.74 Å². The number of nitrogens with zero attached hydrogens (tertiary/aromatic N) is 1. The number of hydrogen-bond donors (Lipinski definition) is 2. The summed E-state index contributed by atoms with van der Waals surface area (Å²) in [6.45, 7) is 6.07. The third-order valence-corrected chi connectivity index (χ3v) is 7.71. The van der Waals surface area contributed by atoms with Crippen LogP contribution >= 0.6 is 0 Å². The van der Waals surface area contributed by atoms with Gasteiger partial charge in [0, 0.05) is 54.3 Å². The lowest BCUT2D eigenvalue weighted by atomic mass is 9.99. The lowest BCUT2D eigenvalue weighted by molar-refractivity contribution is 0.0945. The first-order valence-electron chi connectivity index (χ1n) is 13.9. The Hall–Kier alpha value is -4.06. The van der Waals surface area contributed by atoms with Crippen molar-refractivity contribution in [3.63, 3.8) is 0 Å². The van der Waals surface area contributed by atoms with Crippen molar-refractivity contribution in [1.82, 2.24) is 15.2 Å². The van der Waals surface area contributed by atoms with Gasteiger partial charge in [-0.3, -0.25) is 9.59 Å². The average molecular weight is 524 g/mol. The highest BCUT2D eigenvalue weighted by Crippen LogP contribution is 2.27. The maximum Gasteiger partial charge on any atom is 0.251 e. The Bertz CT molecular complexity index is 1520. The molecule has 4 aromatic rings. The van der Waals surface area contributed by atoms with E-state index in [0.717, 1.165) is 42.6 Å². The van der Waals surface area contributed by atoms with E-state index in [0.29, 0.717) is 37.2 Å². The molecule has 0 radical (unpaired) electrons. The summed E-state index contributed by atoms with van der Waals surface area (Å²) < 4.78 is 8.37. The van der Waals surface area contributed by atoms with Crippen LogP contribution in [0.15, 0.2) is 60.7 Å². The highest BCUT2D eigenvalue weighted by atomic mass is 16.5. The van der Waals surface area contributed by atoms with Crippen LogP contribution in [-0.4, -0.2) is 36.1 Å². The first kappa shape index (κ1) is 26.5. The van der Waals surface area contributed by atoms with Gasteiger partial charge in [-0.15, -0.1) is 0 Å². The Morgan fingerprint density at radius 1 is 1.03 bits per heavy atom. The van der Waals surface area contributed by atoms with Gasteiger partial charge in [0.25, 0.3) is 11.8 Å². The molecule has 1 aliphatic heterocycles. The average Bonchev–Trinajstić information content (AvgIpc) is 3.16. The van der Waals surface area contributed by atoms with Gasteiger partial charge in [0.2, 0.25) is 0 Å². The molecular formula is C33H37N3O3. The van der Waals surface area contributed by atoms with E-state index in [2.05, 4.69) is 54.3 Å². The standard InChI is InChI=1S/C33H37N3O3/c1-22-10-12-29-28(23(2)36(3)30(29)18-22)14-16-35-33(38)26-11-13-31-27(21-26)20-24-8-7-9-25(19-24)32(37)34-15-5-4-6-17-39-31/h7-13,18-19,21H,4-6,14-17,20H2,1-3H3,(H,34,37)(H,35,38). The molecule has 3 aromatic carbocycles. The van der Waals surface area contributed by atoms with Crippen LogP contribution in [0.1, 0.15) is 67.9 Å². The molecule has 2 heterocycles. The highest BCUT2D eigenvalue weighted by Gasteiger charge is 2.15. The fraction of sp³-hybridized carbons (Fsp3) is 0.333. The number of aryl methyl sites for hydroxylation is 2. The quantitative estimate of drug-likeness (QED) is 0.363. The van der Waals surface area contributed by atoms with Gasteiger partial charge in [-0.25, -0.2) is 0 Å². The first-order valence-corrected chi connectivity index (χ1v) is 13.9. The van der Waals surface area contributed by atoms with E-state index < -0.39 is 0 Å². The molecule has 0 saturated carbocycles. The van der Waals surface area contributed by atoms with Crippen molar-refractivity contribution in [1.29, 1.82) is 0 Å². The minimum Gasteiger partial charge on any atom is -0.493 e. The Morgan fingerprint density at radius 2 is 1.90 bits per heavy atom. The van der Waals surface area contributed by atoms with Crippen molar-refractivity contribution >= 4 is 22.7 Å². The van der Waals surface area contributed by atoms with Crippen LogP contribution in [0.5, 0.6) is 5.75 Å². The van der Waals surface area contributed by atoms with E-state index in [1.54, 1.807) is 0 Å². The Kier molecular flexibility index (Phi) is 8.01. The Labute approximate surface area is 230 Å². The van der Waals surface area contributed by atoms with Crippen molar-refractivity contribution in [2.45, 2.75) is 46.0 Å². The molecule has 0 atom stereocenters. The van der Waals surface area contributed by atoms with Gasteiger partial charge in [0.05, 0.1) is 6.61 Å². The van der Waals surface area contributed by atoms with Gasteiger partial charge in [-0.2, -0.15) is 0 Å². The topological polar surface area (TPSA) is 72.4 Å². The molecule has 6 heteroatoms. The smallest absolute Gasteiger partial charge is 0.251 e. The van der Waals surface area contributed by atoms with E-state index in [1.807, 2.05) is 42.5 Å². The molecule has 2 N–H and O–H groups in total. The molecule has 5 rings (SSSR count). The number of nitrogens with one attached hydrogen (secondary N) is 2. The second-order valence-corrected chi connectivity index (χ2v) is 10.5. The van der Waals surface area contributed by atoms with Crippen LogP contribution in [0, 0.1) is 13.8 Å². The molecular weight excluding hydrogens is 486 g/mol. The van der Waals surface area contributed by atoms with E-state index in [9.17, 15) is 9.59 Å². The molecule has 2 bridgehead atoms. The SMILES string of the molecule is Cc1ccc2c(CCNC(=O)c3ccc4c(c3)Cc3cccc(c3)C(=O)NCCCCCO4)c(C)n(C)c2c1. The molecule has 2 amide bonds. The maximum absolute atomic E-state index is 13.2. The predicted octanol–water partition coefficient (Wildman–Crippen LogP) is 5.65. The number of rotatable bonds is 4. The Balaban J connectivity index is 1.33. The summed E-state index contributed by atoms with van der Waals surface area (Å²) in [5, 5.41) is 7.37. The van der Waals surface area contributed by atoms with Gasteiger partial charge in [-0.05, 0) is 98.2 Å². The number of fused-ring (bicyclic) bond motifs is 4. The van der Waals surface area contributed by atoms with Gasteiger partial charge in [0.15, 0.2) is 0 Å². The number of amides is 2. The molecule has 0 fully saturated rings. The third-order valence-electron chi connectivity index (χ3n) is 7.71. The summed E-state index contributed by atoms with van der Waals surface area (Å²) in [7, 11) is 2.10. The summed E-state index contributed by atoms with van der Waals surface area (Å²) in [6, 6.07) is 19.9. The fourth-order valence-electron chi connectivity index (χ4n) is 5.40. The number of hydrogen-bond acceptors (Lipinski definition) is 3. The third kappa shape index (κ3) is 6.00. The van der Waals surface area contributed by atoms with Crippen molar-refractivity contribution in [2.75, 3.05) is 19.7 Å². The second-order valence-electron chi connectivity index (χ2n) is 10.5. The van der Waals surface area contributed by atoms with Gasteiger partial charge in [0.1, 0.15) is 5.75 Å². The van der Waals surface area contributed by atoms with Gasteiger partial charge >= 0.3 is 0 Å². The predicted molar refractivity (Wildman–Crippen MR) is 156 cm³/mol. The van der Waals surface area contributed by atoms with E-state index >= 15 is 0 Å². The molecule has 1 aliphatic rings. The Morgan fingerprint density at radius 3 is 2.77 bits per heavy atom. The zero-order valence-corrected chi connectivity index (χ0v) is 23.1. The highest BCUT2D eigenvalue weighted by molar-refractivity contribution is 5.95. The molecule has 1 aromatic heterocycles. The summed E-state index contributed by atoms with van der Waals surface area (Å²) in [5.41, 5.74) is 8.17. The molecule has 0 unspecified atom stereocenters. The van der Waals surface area contributed by atoms with Crippen LogP contribution < -0.4 is 15.4 Å². The lowest BCUT2D eigenvalue weighted by Gasteiger charge is -2.15. The zero-order chi connectivity index (χ0) is 27.4. The maximum atomic E-state index is 13.2. The molecule has 6 nitrogen and oxygen atoms in total. The molecule has 0 spiro atoms. The molecule has 39 heavy (non-hydrogen) atoms. The first-order chi connectivity index (χ1) is 18.9. The number of carbonyl (C=O) groups is 2. The van der Waals surface area contributed by atoms with Crippen molar-refractivity contribution < 1.29 is 14.3 Å². The normalized spacial score (nSPS) is 14.2. The largest absolute Gasteiger partial charge is 0.493 e. The summed E-state index contributed by atoms with van der Waals surface area (Å²) in [5.74, 6) is 0.647. The van der Waals surface area contributed by atoms with E-state index in [1.165, 1.54) is 27.7 Å². The molecule has 202 valence electrons. The van der Waals surface area contributed by atoms with Crippen LogP contribution in [0.2, 0.25) is 0 Å². The minimum atomic E-state index is -0.0981. The van der Waals surface area contributed by atoms with E-state index in [-0.39, 0.29) is 11.8 Å². The van der Waals surface area contributed by atoms with Crippen molar-refractivity contribution in [3.05, 3.63) is 99.7 Å². The number of ether oxygens (including phenoxy) is 1. The fourth-order valence-corrected chi connectivity index (χ4v) is 5.40.